The van der Waals surface area contributed by atoms with Crippen molar-refractivity contribution in [3.63, 3.8) is 0 Å². The van der Waals surface area contributed by atoms with Gasteiger partial charge in [0.25, 0.3) is 5.91 Å². The van der Waals surface area contributed by atoms with Gasteiger partial charge in [0.2, 0.25) is 0 Å². The molecule has 3 nitrogen and oxygen atoms in total. The molecule has 0 saturated heterocycles. The maximum absolute atomic E-state index is 13.5. The Morgan fingerprint density at radius 1 is 0.958 bits per heavy atom. The third-order valence-corrected chi connectivity index (χ3v) is 3.55. The average Bonchev–Trinajstić information content (AvgIpc) is 2.58. The number of rotatable bonds is 5. The van der Waals surface area contributed by atoms with Gasteiger partial charge in [0.1, 0.15) is 24.0 Å². The molecule has 0 radical (unpaired) electrons. The normalized spacial score (nSPS) is 10.6. The van der Waals surface area contributed by atoms with Crippen LogP contribution < -0.4 is 10.1 Å². The van der Waals surface area contributed by atoms with Gasteiger partial charge in [0.05, 0.1) is 12.1 Å². The van der Waals surface area contributed by atoms with E-state index in [1.807, 2.05) is 42.5 Å². The fourth-order valence-electron chi connectivity index (χ4n) is 2.36. The van der Waals surface area contributed by atoms with Gasteiger partial charge >= 0.3 is 0 Å². The van der Waals surface area contributed by atoms with Crippen molar-refractivity contribution in [3.05, 3.63) is 77.9 Å². The lowest BCUT2D eigenvalue weighted by Crippen LogP contribution is -2.28. The Kier molecular flexibility index (Phi) is 4.70. The summed E-state index contributed by atoms with van der Waals surface area (Å²) in [5.74, 6) is -1.52. The molecule has 0 saturated carbocycles. The zero-order valence-electron chi connectivity index (χ0n) is 12.8. The Labute approximate surface area is 137 Å². The van der Waals surface area contributed by atoms with Gasteiger partial charge < -0.3 is 10.1 Å². The van der Waals surface area contributed by atoms with Crippen molar-refractivity contribution in [3.8, 4) is 5.75 Å². The standard InChI is InChI=1S/C19H15F2NO2/c20-15-6-8-17(18(21)12-15)19(23)22-9-10-24-16-7-5-13-3-1-2-4-14(13)11-16/h1-8,11-12H,9-10H2,(H,22,23). The molecule has 0 fully saturated rings. The van der Waals surface area contributed by atoms with Crippen molar-refractivity contribution in [2.75, 3.05) is 13.2 Å². The number of ether oxygens (including phenoxy) is 1. The summed E-state index contributed by atoms with van der Waals surface area (Å²) >= 11 is 0. The second-order valence-electron chi connectivity index (χ2n) is 5.24. The van der Waals surface area contributed by atoms with Crippen LogP contribution in [0.4, 0.5) is 8.78 Å². The van der Waals surface area contributed by atoms with E-state index < -0.39 is 17.5 Å². The van der Waals surface area contributed by atoms with Crippen molar-refractivity contribution < 1.29 is 18.3 Å². The minimum Gasteiger partial charge on any atom is -0.492 e. The Bertz CT molecular complexity index is 880. The zero-order chi connectivity index (χ0) is 16.9. The van der Waals surface area contributed by atoms with Crippen molar-refractivity contribution in [1.29, 1.82) is 0 Å². The first-order valence-corrected chi connectivity index (χ1v) is 7.48. The van der Waals surface area contributed by atoms with Crippen LogP contribution in [-0.2, 0) is 0 Å². The van der Waals surface area contributed by atoms with Gasteiger partial charge in [-0.2, -0.15) is 0 Å². The first kappa shape index (κ1) is 15.9. The van der Waals surface area contributed by atoms with E-state index in [0.29, 0.717) is 11.8 Å². The summed E-state index contributed by atoms with van der Waals surface area (Å²) in [5.41, 5.74) is -0.192. The van der Waals surface area contributed by atoms with Crippen LogP contribution in [0.25, 0.3) is 10.8 Å². The number of hydrogen-bond acceptors (Lipinski definition) is 2. The molecule has 24 heavy (non-hydrogen) atoms. The molecule has 0 aromatic heterocycles. The largest absolute Gasteiger partial charge is 0.492 e. The molecule has 0 aliphatic carbocycles. The molecule has 5 heteroatoms. The molecule has 122 valence electrons. The van der Waals surface area contributed by atoms with Crippen molar-refractivity contribution in [1.82, 2.24) is 5.32 Å². The minimum absolute atomic E-state index is 0.192. The first-order chi connectivity index (χ1) is 11.6. The number of carbonyl (C=O) groups is 1. The topological polar surface area (TPSA) is 38.3 Å². The van der Waals surface area contributed by atoms with E-state index in [9.17, 15) is 13.6 Å². The summed E-state index contributed by atoms with van der Waals surface area (Å²) < 4.78 is 31.9. The predicted octanol–water partition coefficient (Wildman–Crippen LogP) is 3.93. The van der Waals surface area contributed by atoms with Gasteiger partial charge in [-0.1, -0.05) is 30.3 Å². The second-order valence-corrected chi connectivity index (χ2v) is 5.24. The van der Waals surface area contributed by atoms with Crippen LogP contribution in [0.5, 0.6) is 5.75 Å². The molecule has 0 heterocycles. The molecule has 0 aliphatic rings. The third kappa shape index (κ3) is 3.68. The number of hydrogen-bond donors (Lipinski definition) is 1. The Hall–Kier alpha value is -2.95. The fourth-order valence-corrected chi connectivity index (χ4v) is 2.36. The van der Waals surface area contributed by atoms with Crippen LogP contribution in [0, 0.1) is 11.6 Å². The number of carbonyl (C=O) groups excluding carboxylic acids is 1. The predicted molar refractivity (Wildman–Crippen MR) is 88.1 cm³/mol. The Balaban J connectivity index is 1.53. The Morgan fingerprint density at radius 3 is 2.54 bits per heavy atom. The molecule has 3 aromatic carbocycles. The van der Waals surface area contributed by atoms with Gasteiger partial charge in [-0.05, 0) is 35.0 Å². The van der Waals surface area contributed by atoms with E-state index in [2.05, 4.69) is 5.32 Å². The molecule has 0 atom stereocenters. The number of halogens is 2. The lowest BCUT2D eigenvalue weighted by Gasteiger charge is -2.09. The highest BCUT2D eigenvalue weighted by atomic mass is 19.1. The maximum Gasteiger partial charge on any atom is 0.254 e. The quantitative estimate of drug-likeness (QED) is 0.721. The summed E-state index contributed by atoms with van der Waals surface area (Å²) in [6.45, 7) is 0.454. The van der Waals surface area contributed by atoms with Gasteiger partial charge in [-0.3, -0.25) is 4.79 Å². The highest BCUT2D eigenvalue weighted by Crippen LogP contribution is 2.20. The summed E-state index contributed by atoms with van der Waals surface area (Å²) in [5, 5.41) is 4.72. The fraction of sp³-hybridized carbons (Fsp3) is 0.105. The molecule has 0 unspecified atom stereocenters. The van der Waals surface area contributed by atoms with Gasteiger partial charge in [0.15, 0.2) is 0 Å². The average molecular weight is 327 g/mol. The molecular weight excluding hydrogens is 312 g/mol. The number of amides is 1. The molecule has 1 amide bonds. The molecule has 3 aromatic rings. The highest BCUT2D eigenvalue weighted by molar-refractivity contribution is 5.94. The van der Waals surface area contributed by atoms with Crippen LogP contribution in [-0.4, -0.2) is 19.1 Å². The summed E-state index contributed by atoms with van der Waals surface area (Å²) in [6, 6.07) is 16.5. The smallest absolute Gasteiger partial charge is 0.254 e. The lowest BCUT2D eigenvalue weighted by atomic mass is 10.1. The second kappa shape index (κ2) is 7.08. The van der Waals surface area contributed by atoms with Crippen LogP contribution in [0.15, 0.2) is 60.7 Å². The maximum atomic E-state index is 13.5. The first-order valence-electron chi connectivity index (χ1n) is 7.48. The molecule has 3 rings (SSSR count). The summed E-state index contributed by atoms with van der Waals surface area (Å²) in [7, 11) is 0. The van der Waals surface area contributed by atoms with Crippen LogP contribution in [0.3, 0.4) is 0 Å². The molecular formula is C19H15F2NO2. The molecule has 1 N–H and O–H groups in total. The SMILES string of the molecule is O=C(NCCOc1ccc2ccccc2c1)c1ccc(F)cc1F. The minimum atomic E-state index is -0.886. The Morgan fingerprint density at radius 2 is 1.75 bits per heavy atom. The number of benzene rings is 3. The van der Waals surface area contributed by atoms with E-state index in [0.717, 1.165) is 22.9 Å². The van der Waals surface area contributed by atoms with Crippen LogP contribution >= 0.6 is 0 Å². The van der Waals surface area contributed by atoms with Crippen molar-refractivity contribution >= 4 is 16.7 Å². The summed E-state index contributed by atoms with van der Waals surface area (Å²) in [6.07, 6.45) is 0. The van der Waals surface area contributed by atoms with E-state index in [-0.39, 0.29) is 18.7 Å². The van der Waals surface area contributed by atoms with Gasteiger partial charge in [-0.15, -0.1) is 0 Å². The van der Waals surface area contributed by atoms with Crippen molar-refractivity contribution in [2.45, 2.75) is 0 Å². The zero-order valence-corrected chi connectivity index (χ0v) is 12.8. The van der Waals surface area contributed by atoms with Gasteiger partial charge in [-0.25, -0.2) is 8.78 Å². The van der Waals surface area contributed by atoms with E-state index >= 15 is 0 Å². The lowest BCUT2D eigenvalue weighted by molar-refractivity contribution is 0.0943. The molecule has 0 aliphatic heterocycles. The molecule has 0 spiro atoms. The van der Waals surface area contributed by atoms with E-state index in [4.69, 9.17) is 4.74 Å². The van der Waals surface area contributed by atoms with Crippen LogP contribution in [0.2, 0.25) is 0 Å². The number of nitrogens with one attached hydrogen (secondary N) is 1. The monoisotopic (exact) mass is 327 g/mol. The highest BCUT2D eigenvalue weighted by Gasteiger charge is 2.11. The van der Waals surface area contributed by atoms with Crippen molar-refractivity contribution in [2.24, 2.45) is 0 Å². The van der Waals surface area contributed by atoms with E-state index in [1.165, 1.54) is 0 Å². The van der Waals surface area contributed by atoms with Crippen LogP contribution in [0.1, 0.15) is 10.4 Å². The third-order valence-electron chi connectivity index (χ3n) is 3.55. The molecule has 0 bridgehead atoms. The summed E-state index contributed by atoms with van der Waals surface area (Å²) in [4.78, 5) is 11.8. The van der Waals surface area contributed by atoms with Gasteiger partial charge in [0, 0.05) is 6.07 Å². The van der Waals surface area contributed by atoms with E-state index in [1.54, 1.807) is 0 Å². The number of fused-ring (bicyclic) bond motifs is 1.